The van der Waals surface area contributed by atoms with Crippen LogP contribution in [-0.2, 0) is 6.42 Å². The highest BCUT2D eigenvalue weighted by molar-refractivity contribution is 5.76. The third-order valence-electron chi connectivity index (χ3n) is 6.75. The minimum absolute atomic E-state index is 0.0411. The average molecular weight is 399 g/mol. The molecule has 3 aliphatic rings. The summed E-state index contributed by atoms with van der Waals surface area (Å²) in [6.07, 6.45) is 5.95. The number of aryl methyl sites for hydroxylation is 1. The van der Waals surface area contributed by atoms with Gasteiger partial charge in [-0.25, -0.2) is 9.59 Å². The Labute approximate surface area is 174 Å². The molecule has 6 nitrogen and oxygen atoms in total. The summed E-state index contributed by atoms with van der Waals surface area (Å²) in [5, 5.41) is 6.24. The summed E-state index contributed by atoms with van der Waals surface area (Å²) in [7, 11) is 0. The van der Waals surface area contributed by atoms with Crippen LogP contribution < -0.4 is 10.6 Å². The number of benzene rings is 1. The minimum Gasteiger partial charge on any atom is -0.338 e. The molecule has 4 amide bonds. The summed E-state index contributed by atoms with van der Waals surface area (Å²) >= 11 is 0. The van der Waals surface area contributed by atoms with E-state index in [1.165, 1.54) is 16.7 Å². The summed E-state index contributed by atoms with van der Waals surface area (Å²) in [5.74, 6) is 0.490. The first kappa shape index (κ1) is 20.0. The maximum Gasteiger partial charge on any atom is 0.317 e. The average Bonchev–Trinajstić information content (AvgIpc) is 2.74. The van der Waals surface area contributed by atoms with Crippen molar-refractivity contribution < 1.29 is 9.59 Å². The molecule has 1 atom stereocenters. The van der Waals surface area contributed by atoms with Crippen LogP contribution in [0.25, 0.3) is 0 Å². The number of carbonyl (C=O) groups is 2. The highest BCUT2D eigenvalue weighted by Crippen LogP contribution is 2.32. The van der Waals surface area contributed by atoms with Crippen LogP contribution >= 0.6 is 0 Å². The van der Waals surface area contributed by atoms with Gasteiger partial charge in [0.15, 0.2) is 0 Å². The van der Waals surface area contributed by atoms with Crippen molar-refractivity contribution in [1.82, 2.24) is 20.4 Å². The lowest BCUT2D eigenvalue weighted by Gasteiger charge is -2.40. The molecule has 0 aromatic heterocycles. The Hall–Kier alpha value is -2.24. The zero-order valence-corrected chi connectivity index (χ0v) is 17.7. The molecular formula is C23H34N4O2. The van der Waals surface area contributed by atoms with Crippen LogP contribution in [0.15, 0.2) is 18.2 Å². The number of hydrogen-bond acceptors (Lipinski definition) is 2. The quantitative estimate of drug-likeness (QED) is 0.814. The van der Waals surface area contributed by atoms with Crippen LogP contribution in [0, 0.1) is 0 Å². The molecule has 0 bridgehead atoms. The third-order valence-corrected chi connectivity index (χ3v) is 6.75. The zero-order valence-electron chi connectivity index (χ0n) is 17.7. The summed E-state index contributed by atoms with van der Waals surface area (Å²) in [6.45, 7) is 7.46. The first-order chi connectivity index (χ1) is 14.0. The van der Waals surface area contributed by atoms with E-state index in [-0.39, 0.29) is 24.1 Å². The lowest BCUT2D eigenvalue weighted by molar-refractivity contribution is 0.117. The second kappa shape index (κ2) is 8.64. The number of nitrogens with zero attached hydrogens (tertiary/aromatic N) is 2. The number of piperidine rings is 1. The molecule has 1 aliphatic carbocycles. The fraction of sp³-hybridized carbons (Fsp3) is 0.652. The van der Waals surface area contributed by atoms with E-state index in [2.05, 4.69) is 42.7 Å². The second-order valence-electron chi connectivity index (χ2n) is 9.00. The van der Waals surface area contributed by atoms with Gasteiger partial charge in [-0.1, -0.05) is 32.0 Å². The molecule has 0 saturated carbocycles. The van der Waals surface area contributed by atoms with Gasteiger partial charge in [0.2, 0.25) is 0 Å². The van der Waals surface area contributed by atoms with E-state index >= 15 is 0 Å². The molecule has 0 radical (unpaired) electrons. The summed E-state index contributed by atoms with van der Waals surface area (Å²) in [5.41, 5.74) is 4.02. The van der Waals surface area contributed by atoms with Crippen molar-refractivity contribution in [1.29, 1.82) is 0 Å². The topological polar surface area (TPSA) is 64.7 Å². The van der Waals surface area contributed by atoms with Crippen LogP contribution in [-0.4, -0.2) is 54.1 Å². The van der Waals surface area contributed by atoms with E-state index in [0.29, 0.717) is 19.0 Å². The highest BCUT2D eigenvalue weighted by Gasteiger charge is 2.32. The van der Waals surface area contributed by atoms with Crippen molar-refractivity contribution >= 4 is 12.1 Å². The van der Waals surface area contributed by atoms with Crippen LogP contribution in [0.3, 0.4) is 0 Å². The van der Waals surface area contributed by atoms with Gasteiger partial charge in [0.1, 0.15) is 0 Å². The maximum absolute atomic E-state index is 13.0. The van der Waals surface area contributed by atoms with E-state index in [0.717, 1.165) is 51.6 Å². The van der Waals surface area contributed by atoms with Crippen molar-refractivity contribution in [2.45, 2.75) is 70.4 Å². The minimum atomic E-state index is 0.0411. The first-order valence-corrected chi connectivity index (χ1v) is 11.3. The van der Waals surface area contributed by atoms with Crippen molar-refractivity contribution in [3.63, 3.8) is 0 Å². The number of fused-ring (bicyclic) bond motifs is 1. The largest absolute Gasteiger partial charge is 0.338 e. The Morgan fingerprint density at radius 1 is 1.14 bits per heavy atom. The predicted molar refractivity (Wildman–Crippen MR) is 114 cm³/mol. The molecule has 2 N–H and O–H groups in total. The van der Waals surface area contributed by atoms with Gasteiger partial charge in [-0.2, -0.15) is 0 Å². The van der Waals surface area contributed by atoms with Gasteiger partial charge in [0.25, 0.3) is 0 Å². The Morgan fingerprint density at radius 3 is 2.66 bits per heavy atom. The van der Waals surface area contributed by atoms with Crippen molar-refractivity contribution in [2.75, 3.05) is 26.2 Å². The highest BCUT2D eigenvalue weighted by atomic mass is 16.2. The predicted octanol–water partition coefficient (Wildman–Crippen LogP) is 3.78. The molecule has 0 unspecified atom stereocenters. The molecule has 2 heterocycles. The molecule has 1 aromatic carbocycles. The molecule has 1 aromatic rings. The number of amides is 4. The van der Waals surface area contributed by atoms with Gasteiger partial charge in [-0.15, -0.1) is 0 Å². The summed E-state index contributed by atoms with van der Waals surface area (Å²) < 4.78 is 0. The fourth-order valence-corrected chi connectivity index (χ4v) is 4.94. The zero-order chi connectivity index (χ0) is 20.4. The van der Waals surface area contributed by atoms with Gasteiger partial charge in [0.05, 0.1) is 6.04 Å². The Bertz CT molecular complexity index is 755. The molecule has 158 valence electrons. The fourth-order valence-electron chi connectivity index (χ4n) is 4.94. The van der Waals surface area contributed by atoms with E-state index in [9.17, 15) is 9.59 Å². The van der Waals surface area contributed by atoms with Crippen molar-refractivity contribution in [2.24, 2.45) is 0 Å². The monoisotopic (exact) mass is 398 g/mol. The smallest absolute Gasteiger partial charge is 0.317 e. The van der Waals surface area contributed by atoms with Gasteiger partial charge in [-0.3, -0.25) is 0 Å². The number of urea groups is 2. The molecule has 6 heteroatoms. The number of carbonyl (C=O) groups excluding carboxylic acids is 2. The Morgan fingerprint density at radius 2 is 1.93 bits per heavy atom. The standard InChI is InChI=1S/C23H34N4O2/c1-16(2)18-8-7-17-5-3-6-21(20(17)15-18)25-23(29)26-13-9-19(10-14-26)27-12-4-11-24-22(27)28/h7-8,15-16,19,21H,3-6,9-14H2,1-2H3,(H,24,28)(H,25,29)/t21-/m0/s1. The molecule has 29 heavy (non-hydrogen) atoms. The summed E-state index contributed by atoms with van der Waals surface area (Å²) in [6, 6.07) is 7.23. The third kappa shape index (κ3) is 4.36. The lowest BCUT2D eigenvalue weighted by atomic mass is 9.85. The van der Waals surface area contributed by atoms with Gasteiger partial charge < -0.3 is 20.4 Å². The van der Waals surface area contributed by atoms with Gasteiger partial charge in [0, 0.05) is 32.2 Å². The Balaban J connectivity index is 1.36. The molecule has 2 fully saturated rings. The molecule has 2 aliphatic heterocycles. The number of nitrogens with one attached hydrogen (secondary N) is 2. The van der Waals surface area contributed by atoms with Crippen LogP contribution in [0.5, 0.6) is 0 Å². The van der Waals surface area contributed by atoms with E-state index in [4.69, 9.17) is 0 Å². The van der Waals surface area contributed by atoms with Crippen LogP contribution in [0.4, 0.5) is 9.59 Å². The van der Waals surface area contributed by atoms with Gasteiger partial charge in [-0.05, 0) is 61.1 Å². The second-order valence-corrected chi connectivity index (χ2v) is 9.00. The number of likely N-dealkylation sites (tertiary alicyclic amines) is 1. The maximum atomic E-state index is 13.0. The van der Waals surface area contributed by atoms with Crippen molar-refractivity contribution in [3.8, 4) is 0 Å². The normalized spacial score (nSPS) is 23.0. The SMILES string of the molecule is CC(C)c1ccc2c(c1)[C@@H](NC(=O)N1CCC(N3CCCNC3=O)CC1)CCC2. The lowest BCUT2D eigenvalue weighted by Crippen LogP contribution is -2.55. The molecule has 2 saturated heterocycles. The Kier molecular flexibility index (Phi) is 5.97. The number of rotatable bonds is 3. The van der Waals surface area contributed by atoms with Gasteiger partial charge >= 0.3 is 12.1 Å². The molecular weight excluding hydrogens is 364 g/mol. The molecule has 0 spiro atoms. The van der Waals surface area contributed by atoms with Crippen LogP contribution in [0.1, 0.15) is 74.6 Å². The summed E-state index contributed by atoms with van der Waals surface area (Å²) in [4.78, 5) is 28.9. The first-order valence-electron chi connectivity index (χ1n) is 11.3. The van der Waals surface area contributed by atoms with E-state index in [1.54, 1.807) is 0 Å². The molecule has 4 rings (SSSR count). The van der Waals surface area contributed by atoms with E-state index < -0.39 is 0 Å². The van der Waals surface area contributed by atoms with Crippen LogP contribution in [0.2, 0.25) is 0 Å². The number of hydrogen-bond donors (Lipinski definition) is 2. The van der Waals surface area contributed by atoms with E-state index in [1.807, 2.05) is 9.80 Å². The van der Waals surface area contributed by atoms with Crippen molar-refractivity contribution in [3.05, 3.63) is 34.9 Å².